The van der Waals surface area contributed by atoms with Crippen LogP contribution in [0.4, 0.5) is 4.79 Å². The quantitative estimate of drug-likeness (QED) is 0.924. The van der Waals surface area contributed by atoms with Crippen molar-refractivity contribution in [3.05, 3.63) is 34.9 Å². The van der Waals surface area contributed by atoms with Crippen molar-refractivity contribution in [2.24, 2.45) is 0 Å². The largest absolute Gasteiger partial charge is 0.444 e. The molecule has 128 valence electrons. The molecule has 1 aliphatic rings. The van der Waals surface area contributed by atoms with E-state index in [2.05, 4.69) is 18.2 Å². The Bertz CT molecular complexity index is 567. The van der Waals surface area contributed by atoms with E-state index in [1.54, 1.807) is 4.90 Å². The van der Waals surface area contributed by atoms with Gasteiger partial charge in [0, 0.05) is 13.1 Å². The van der Waals surface area contributed by atoms with Gasteiger partial charge in [-0.15, -0.1) is 0 Å². The van der Waals surface area contributed by atoms with Crippen molar-refractivity contribution in [3.63, 3.8) is 0 Å². The van der Waals surface area contributed by atoms with Crippen molar-refractivity contribution in [2.45, 2.75) is 71.6 Å². The molecule has 0 radical (unpaired) electrons. The first-order chi connectivity index (χ1) is 10.5. The molecule has 0 saturated heterocycles. The molecule has 0 unspecified atom stereocenters. The van der Waals surface area contributed by atoms with E-state index in [1.807, 2.05) is 34.6 Å². The number of rotatable bonds is 3. The van der Waals surface area contributed by atoms with Crippen LogP contribution in [0.1, 0.15) is 57.7 Å². The van der Waals surface area contributed by atoms with Crippen LogP contribution < -0.4 is 0 Å². The maximum Gasteiger partial charge on any atom is 0.410 e. The second kappa shape index (κ2) is 6.52. The summed E-state index contributed by atoms with van der Waals surface area (Å²) in [6.45, 7) is 10.6. The van der Waals surface area contributed by atoms with Crippen LogP contribution in [0.25, 0.3) is 0 Å². The summed E-state index contributed by atoms with van der Waals surface area (Å²) in [5.41, 5.74) is 2.64. The van der Waals surface area contributed by atoms with Gasteiger partial charge in [-0.3, -0.25) is 0 Å². The van der Waals surface area contributed by atoms with Crippen molar-refractivity contribution in [1.82, 2.24) is 4.90 Å². The average molecular weight is 319 g/mol. The molecule has 0 saturated carbocycles. The molecule has 0 atom stereocenters. The summed E-state index contributed by atoms with van der Waals surface area (Å²) in [7, 11) is 0. The predicted octanol–water partition coefficient (Wildman–Crippen LogP) is 3.68. The van der Waals surface area contributed by atoms with Crippen LogP contribution in [0.15, 0.2) is 18.2 Å². The van der Waals surface area contributed by atoms with Crippen LogP contribution in [0.3, 0.4) is 0 Å². The zero-order valence-corrected chi connectivity index (χ0v) is 15.0. The second-order valence-electron chi connectivity index (χ2n) is 8.07. The van der Waals surface area contributed by atoms with E-state index in [4.69, 9.17) is 4.74 Å². The monoisotopic (exact) mass is 319 g/mol. The molecule has 0 bridgehead atoms. The maximum absolute atomic E-state index is 12.2. The van der Waals surface area contributed by atoms with Gasteiger partial charge in [-0.1, -0.05) is 18.2 Å². The first kappa shape index (κ1) is 17.8. The number of amides is 1. The normalized spacial score (nSPS) is 15.3. The molecule has 23 heavy (non-hydrogen) atoms. The Kier molecular flexibility index (Phi) is 5.04. The minimum Gasteiger partial charge on any atom is -0.444 e. The fraction of sp³-hybridized carbons (Fsp3) is 0.632. The highest BCUT2D eigenvalue weighted by Gasteiger charge is 2.25. The third-order valence-corrected chi connectivity index (χ3v) is 3.96. The molecular weight excluding hydrogens is 290 g/mol. The number of fused-ring (bicyclic) bond motifs is 1. The third kappa shape index (κ3) is 5.54. The highest BCUT2D eigenvalue weighted by Crippen LogP contribution is 2.23. The van der Waals surface area contributed by atoms with E-state index in [0.717, 1.165) is 19.3 Å². The molecule has 1 aliphatic heterocycles. The maximum atomic E-state index is 12.2. The molecule has 2 rings (SSSR count). The SMILES string of the molecule is CC(C)(O)CCc1ccc2c(c1)CCN(C(=O)OC(C)(C)C)C2. The molecule has 0 aromatic heterocycles. The van der Waals surface area contributed by atoms with Crippen LogP contribution >= 0.6 is 0 Å². The lowest BCUT2D eigenvalue weighted by molar-refractivity contribution is 0.0223. The number of nitrogens with zero attached hydrogens (tertiary/aromatic N) is 1. The van der Waals surface area contributed by atoms with E-state index >= 15 is 0 Å². The summed E-state index contributed by atoms with van der Waals surface area (Å²) >= 11 is 0. The number of hydrogen-bond acceptors (Lipinski definition) is 3. The van der Waals surface area contributed by atoms with E-state index in [1.165, 1.54) is 16.7 Å². The molecular formula is C19H29NO3. The Balaban J connectivity index is 2.01. The van der Waals surface area contributed by atoms with Crippen LogP contribution in [-0.2, 0) is 24.1 Å². The second-order valence-corrected chi connectivity index (χ2v) is 8.07. The minimum atomic E-state index is -0.636. The summed E-state index contributed by atoms with van der Waals surface area (Å²) < 4.78 is 5.45. The summed E-state index contributed by atoms with van der Waals surface area (Å²) in [4.78, 5) is 13.9. The van der Waals surface area contributed by atoms with Gasteiger partial charge in [0.2, 0.25) is 0 Å². The van der Waals surface area contributed by atoms with Crippen molar-refractivity contribution in [3.8, 4) is 0 Å². The summed E-state index contributed by atoms with van der Waals surface area (Å²) in [5, 5.41) is 9.85. The Labute approximate surface area is 139 Å². The molecule has 4 heteroatoms. The number of ether oxygens (including phenoxy) is 1. The van der Waals surface area contributed by atoms with Gasteiger partial charge in [-0.2, -0.15) is 0 Å². The van der Waals surface area contributed by atoms with Gasteiger partial charge in [0.05, 0.1) is 5.60 Å². The molecule has 1 heterocycles. The van der Waals surface area contributed by atoms with Crippen LogP contribution in [0.2, 0.25) is 0 Å². The molecule has 0 spiro atoms. The van der Waals surface area contributed by atoms with Crippen molar-refractivity contribution < 1.29 is 14.6 Å². The van der Waals surface area contributed by atoms with Crippen LogP contribution in [0.5, 0.6) is 0 Å². The molecule has 4 nitrogen and oxygen atoms in total. The van der Waals surface area contributed by atoms with Crippen LogP contribution in [0, 0.1) is 0 Å². The fourth-order valence-corrected chi connectivity index (χ4v) is 2.69. The first-order valence-electron chi connectivity index (χ1n) is 8.34. The van der Waals surface area contributed by atoms with Gasteiger partial charge in [-0.05, 0) is 70.6 Å². The van der Waals surface area contributed by atoms with E-state index in [9.17, 15) is 9.90 Å². The van der Waals surface area contributed by atoms with Gasteiger partial charge < -0.3 is 14.7 Å². The number of carbonyl (C=O) groups is 1. The van der Waals surface area contributed by atoms with Crippen molar-refractivity contribution in [1.29, 1.82) is 0 Å². The van der Waals surface area contributed by atoms with Gasteiger partial charge in [-0.25, -0.2) is 4.79 Å². The van der Waals surface area contributed by atoms with Crippen molar-refractivity contribution >= 4 is 6.09 Å². The number of aliphatic hydroxyl groups is 1. The molecule has 0 aliphatic carbocycles. The first-order valence-corrected chi connectivity index (χ1v) is 8.34. The van der Waals surface area contributed by atoms with E-state index < -0.39 is 11.2 Å². The lowest BCUT2D eigenvalue weighted by atomic mass is 9.93. The number of aryl methyl sites for hydroxylation is 1. The molecule has 1 N–H and O–H groups in total. The van der Waals surface area contributed by atoms with E-state index in [-0.39, 0.29) is 6.09 Å². The smallest absolute Gasteiger partial charge is 0.410 e. The summed E-state index contributed by atoms with van der Waals surface area (Å²) in [6.07, 6.45) is 2.22. The molecule has 1 aromatic rings. The van der Waals surface area contributed by atoms with Gasteiger partial charge in [0.25, 0.3) is 0 Å². The van der Waals surface area contributed by atoms with Gasteiger partial charge in [0.15, 0.2) is 0 Å². The summed E-state index contributed by atoms with van der Waals surface area (Å²) in [6, 6.07) is 6.42. The molecule has 0 fully saturated rings. The Morgan fingerprint density at radius 1 is 1.22 bits per heavy atom. The average Bonchev–Trinajstić information content (AvgIpc) is 2.41. The van der Waals surface area contributed by atoms with Gasteiger partial charge >= 0.3 is 6.09 Å². The van der Waals surface area contributed by atoms with Crippen LogP contribution in [-0.4, -0.2) is 33.8 Å². The van der Waals surface area contributed by atoms with E-state index in [0.29, 0.717) is 13.1 Å². The Morgan fingerprint density at radius 3 is 2.52 bits per heavy atom. The third-order valence-electron chi connectivity index (χ3n) is 3.96. The number of hydrogen-bond donors (Lipinski definition) is 1. The zero-order valence-electron chi connectivity index (χ0n) is 15.0. The fourth-order valence-electron chi connectivity index (χ4n) is 2.69. The standard InChI is InChI=1S/C19H29NO3/c1-18(2,3)23-17(21)20-11-9-15-12-14(6-7-16(15)13-20)8-10-19(4,5)22/h6-7,12,22H,8-11,13H2,1-5H3. The predicted molar refractivity (Wildman–Crippen MR) is 91.4 cm³/mol. The molecule has 1 amide bonds. The lowest BCUT2D eigenvalue weighted by Crippen LogP contribution is -2.39. The lowest BCUT2D eigenvalue weighted by Gasteiger charge is -2.31. The Morgan fingerprint density at radius 2 is 1.91 bits per heavy atom. The van der Waals surface area contributed by atoms with Gasteiger partial charge in [0.1, 0.15) is 5.60 Å². The number of benzene rings is 1. The van der Waals surface area contributed by atoms with Crippen molar-refractivity contribution in [2.75, 3.05) is 6.54 Å². The highest BCUT2D eigenvalue weighted by atomic mass is 16.6. The minimum absolute atomic E-state index is 0.241. The summed E-state index contributed by atoms with van der Waals surface area (Å²) in [5.74, 6) is 0. The topological polar surface area (TPSA) is 49.8 Å². The highest BCUT2D eigenvalue weighted by molar-refractivity contribution is 5.68. The Hall–Kier alpha value is -1.55. The zero-order chi connectivity index (χ0) is 17.3. The number of carbonyl (C=O) groups excluding carboxylic acids is 1. The molecule has 1 aromatic carbocycles.